The zero-order valence-corrected chi connectivity index (χ0v) is 47.0. The zero-order chi connectivity index (χ0) is 52.6. The van der Waals surface area contributed by atoms with Crippen LogP contribution in [0.5, 0.6) is 0 Å². The third-order valence-electron chi connectivity index (χ3n) is 18.6. The van der Waals surface area contributed by atoms with E-state index in [1.807, 2.05) is 0 Å². The van der Waals surface area contributed by atoms with E-state index in [2.05, 4.69) is 281 Å². The first-order valence-electron chi connectivity index (χ1n) is 27.9. The molecule has 0 aromatic heterocycles. The number of anilines is 8. The van der Waals surface area contributed by atoms with Gasteiger partial charge in [-0.2, -0.15) is 0 Å². The van der Waals surface area contributed by atoms with Gasteiger partial charge in [0.05, 0.1) is 11.2 Å². The standard InChI is InChI=1S/C71H76BN3/c1-66(2,3)48-30-35-53(36-31-48)73-61-39-34-51(68(7,8)9)43-58(61)72-57-37-32-52(69(10,11)49-26-18-15-19-27-49)44-62(57)74(59-38-33-50(67(4,5)6)42-55(59)47-24-16-14-17-25-47)64-46-54(45-63(73)65(64)72)75-60-29-21-20-28-56(60)70(12)40-22-23-41-71(70,75)13/h14-21,24-39,42-46H,22-23,40-41H2,1-13H3. The molecule has 1 fully saturated rings. The molecule has 3 nitrogen and oxygen atoms in total. The third-order valence-corrected chi connectivity index (χ3v) is 18.6. The molecule has 8 aromatic carbocycles. The average molecular weight is 982 g/mol. The lowest BCUT2D eigenvalue weighted by atomic mass is 9.33. The number of rotatable bonds is 6. The first-order chi connectivity index (χ1) is 35.6. The van der Waals surface area contributed by atoms with Gasteiger partial charge < -0.3 is 14.7 Å². The maximum Gasteiger partial charge on any atom is 0.252 e. The van der Waals surface area contributed by atoms with E-state index >= 15 is 0 Å². The molecule has 0 radical (unpaired) electrons. The lowest BCUT2D eigenvalue weighted by Gasteiger charge is -2.51. The van der Waals surface area contributed by atoms with Crippen molar-refractivity contribution in [2.75, 3.05) is 14.7 Å². The van der Waals surface area contributed by atoms with Crippen LogP contribution in [0.25, 0.3) is 11.1 Å². The maximum atomic E-state index is 2.80. The SMILES string of the molecule is CC(C)(C)c1ccc(N2c3ccc(C(C)(C)C)cc3B3c4ccc(C(C)(C)c5ccccc5)cc4N(c4ccc(C(C)(C)C)cc4-c4ccccc4)c4cc(N5c6ccccc6C6(C)CCCCC56C)cc2c43)cc1. The van der Waals surface area contributed by atoms with Gasteiger partial charge in [0.1, 0.15) is 0 Å². The molecule has 0 spiro atoms. The van der Waals surface area contributed by atoms with Crippen LogP contribution in [0.2, 0.25) is 0 Å². The monoisotopic (exact) mass is 982 g/mol. The van der Waals surface area contributed by atoms with Gasteiger partial charge in [-0.1, -0.05) is 217 Å². The summed E-state index contributed by atoms with van der Waals surface area (Å²) in [5.74, 6) is 0. The summed E-state index contributed by atoms with van der Waals surface area (Å²) in [4.78, 5) is 8.14. The summed E-state index contributed by atoms with van der Waals surface area (Å²) in [6, 6.07) is 68.7. The quantitative estimate of drug-likeness (QED) is 0.154. The number of hydrogen-bond acceptors (Lipinski definition) is 3. The van der Waals surface area contributed by atoms with E-state index in [0.717, 1.165) is 6.42 Å². The molecule has 0 N–H and O–H groups in total. The highest BCUT2D eigenvalue weighted by atomic mass is 15.3. The van der Waals surface area contributed by atoms with E-state index in [4.69, 9.17) is 0 Å². The number of benzene rings is 8. The summed E-state index contributed by atoms with van der Waals surface area (Å²) in [6.45, 7) is 31.0. The van der Waals surface area contributed by atoms with E-state index < -0.39 is 0 Å². The minimum atomic E-state index is -0.271. The molecule has 75 heavy (non-hydrogen) atoms. The van der Waals surface area contributed by atoms with Gasteiger partial charge >= 0.3 is 0 Å². The van der Waals surface area contributed by atoms with Crippen molar-refractivity contribution in [3.05, 3.63) is 209 Å². The van der Waals surface area contributed by atoms with E-state index in [0.29, 0.717) is 0 Å². The van der Waals surface area contributed by atoms with Crippen molar-refractivity contribution in [2.45, 2.75) is 148 Å². The molecule has 1 aliphatic carbocycles. The van der Waals surface area contributed by atoms with Gasteiger partial charge in [-0.25, -0.2) is 0 Å². The summed E-state index contributed by atoms with van der Waals surface area (Å²) < 4.78 is 0. The van der Waals surface area contributed by atoms with Crippen LogP contribution in [0.15, 0.2) is 176 Å². The summed E-state index contributed by atoms with van der Waals surface area (Å²) in [6.07, 6.45) is 4.76. The summed E-state index contributed by atoms with van der Waals surface area (Å²) in [5, 5.41) is 0. The number of fused-ring (bicyclic) bond motifs is 7. The van der Waals surface area contributed by atoms with E-state index in [9.17, 15) is 0 Å². The van der Waals surface area contributed by atoms with Crippen molar-refractivity contribution in [1.82, 2.24) is 0 Å². The first-order valence-corrected chi connectivity index (χ1v) is 27.9. The summed E-state index contributed by atoms with van der Waals surface area (Å²) >= 11 is 0. The second-order valence-electron chi connectivity index (χ2n) is 26.6. The normalized spacial score (nSPS) is 19.1. The van der Waals surface area contributed by atoms with Gasteiger partial charge in [0, 0.05) is 56.2 Å². The molecule has 0 bridgehead atoms. The van der Waals surface area contributed by atoms with Crippen LogP contribution in [0.1, 0.15) is 149 Å². The van der Waals surface area contributed by atoms with Crippen LogP contribution in [-0.4, -0.2) is 12.3 Å². The summed E-state index contributed by atoms with van der Waals surface area (Å²) in [7, 11) is 0. The molecule has 4 aliphatic rings. The fraction of sp³-hybridized carbons (Fsp3) is 0.324. The van der Waals surface area contributed by atoms with Crippen molar-refractivity contribution >= 4 is 68.6 Å². The van der Waals surface area contributed by atoms with Crippen LogP contribution in [0.3, 0.4) is 0 Å². The molecule has 12 rings (SSSR count). The summed E-state index contributed by atoms with van der Waals surface area (Å²) in [5.41, 5.74) is 24.0. The van der Waals surface area contributed by atoms with Crippen LogP contribution in [0.4, 0.5) is 45.5 Å². The highest BCUT2D eigenvalue weighted by Gasteiger charge is 2.58. The van der Waals surface area contributed by atoms with Crippen molar-refractivity contribution in [3.63, 3.8) is 0 Å². The molecule has 8 aromatic rings. The zero-order valence-electron chi connectivity index (χ0n) is 47.0. The molecular weight excluding hydrogens is 906 g/mol. The molecule has 3 aliphatic heterocycles. The molecule has 378 valence electrons. The van der Waals surface area contributed by atoms with Crippen LogP contribution < -0.4 is 31.1 Å². The van der Waals surface area contributed by atoms with Gasteiger partial charge in [-0.05, 0) is 146 Å². The Hall–Kier alpha value is -6.78. The van der Waals surface area contributed by atoms with Crippen molar-refractivity contribution in [1.29, 1.82) is 0 Å². The van der Waals surface area contributed by atoms with Crippen molar-refractivity contribution in [3.8, 4) is 11.1 Å². The molecule has 0 saturated heterocycles. The molecule has 3 heterocycles. The predicted molar refractivity (Wildman–Crippen MR) is 323 cm³/mol. The molecular formula is C71H76BN3. The Morgan fingerprint density at radius 1 is 0.400 bits per heavy atom. The van der Waals surface area contributed by atoms with Crippen LogP contribution in [0, 0.1) is 0 Å². The fourth-order valence-electron chi connectivity index (χ4n) is 13.8. The minimum absolute atomic E-state index is 0.0105. The third kappa shape index (κ3) is 7.66. The van der Waals surface area contributed by atoms with Crippen LogP contribution >= 0.6 is 0 Å². The van der Waals surface area contributed by atoms with Crippen LogP contribution in [-0.2, 0) is 27.1 Å². The second-order valence-corrected chi connectivity index (χ2v) is 26.6. The van der Waals surface area contributed by atoms with Gasteiger partial charge in [-0.3, -0.25) is 0 Å². The second kappa shape index (κ2) is 17.1. The Morgan fingerprint density at radius 2 is 0.960 bits per heavy atom. The molecule has 2 atom stereocenters. The van der Waals surface area contributed by atoms with Gasteiger partial charge in [-0.15, -0.1) is 0 Å². The van der Waals surface area contributed by atoms with Gasteiger partial charge in [0.25, 0.3) is 6.71 Å². The topological polar surface area (TPSA) is 9.72 Å². The molecule has 4 heteroatoms. The Labute approximate surface area is 449 Å². The predicted octanol–water partition coefficient (Wildman–Crippen LogP) is 17.4. The highest BCUT2D eigenvalue weighted by molar-refractivity contribution is 7.00. The van der Waals surface area contributed by atoms with Crippen molar-refractivity contribution < 1.29 is 0 Å². The Balaban J connectivity index is 1.24. The molecule has 0 amide bonds. The lowest BCUT2D eigenvalue weighted by Crippen LogP contribution is -2.62. The minimum Gasteiger partial charge on any atom is -0.334 e. The molecule has 1 saturated carbocycles. The van der Waals surface area contributed by atoms with Gasteiger partial charge in [0.2, 0.25) is 0 Å². The van der Waals surface area contributed by atoms with E-state index in [-0.39, 0.29) is 39.3 Å². The Bertz CT molecular complexity index is 3520. The number of para-hydroxylation sites is 1. The lowest BCUT2D eigenvalue weighted by molar-refractivity contribution is 0.195. The number of hydrogen-bond donors (Lipinski definition) is 0. The highest BCUT2D eigenvalue weighted by Crippen LogP contribution is 2.62. The smallest absolute Gasteiger partial charge is 0.252 e. The largest absolute Gasteiger partial charge is 0.334 e. The average Bonchev–Trinajstić information content (AvgIpc) is 3.69. The van der Waals surface area contributed by atoms with Gasteiger partial charge in [0.15, 0.2) is 0 Å². The maximum absolute atomic E-state index is 2.80. The fourth-order valence-corrected chi connectivity index (χ4v) is 13.8. The Morgan fingerprint density at radius 3 is 1.63 bits per heavy atom. The molecule has 2 unspecified atom stereocenters. The first kappa shape index (κ1) is 49.1. The van der Waals surface area contributed by atoms with Crippen molar-refractivity contribution in [2.24, 2.45) is 0 Å². The Kier molecular flexibility index (Phi) is 11.2. The number of nitrogens with zero attached hydrogens (tertiary/aromatic N) is 3. The van der Waals surface area contributed by atoms with E-state index in [1.54, 1.807) is 0 Å². The van der Waals surface area contributed by atoms with E-state index in [1.165, 1.54) is 126 Å².